The number of carbonyl (C=O) groups excluding carboxylic acids is 1. The number of hydrogen-bond donors (Lipinski definition) is 1. The molecule has 0 spiro atoms. The molecule has 0 heterocycles. The highest BCUT2D eigenvalue weighted by Crippen LogP contribution is 2.21. The molecule has 0 aliphatic heterocycles. The first-order chi connectivity index (χ1) is 8.19. The number of aliphatic hydroxyl groups excluding tert-OH is 1. The molecule has 1 saturated carbocycles. The van der Waals surface area contributed by atoms with Gasteiger partial charge in [-0.3, -0.25) is 9.00 Å². The van der Waals surface area contributed by atoms with Crippen LogP contribution in [0.25, 0.3) is 0 Å². The fourth-order valence-electron chi connectivity index (χ4n) is 2.12. The van der Waals surface area contributed by atoms with Crippen LogP contribution in [0.3, 0.4) is 0 Å². The maximum atomic E-state index is 11.9. The summed E-state index contributed by atoms with van der Waals surface area (Å²) < 4.78 is 17.1. The van der Waals surface area contributed by atoms with E-state index in [1.807, 2.05) is 6.92 Å². The van der Waals surface area contributed by atoms with Crippen molar-refractivity contribution >= 4 is 16.8 Å². The number of aliphatic hydroxyl groups is 1. The summed E-state index contributed by atoms with van der Waals surface area (Å²) in [4.78, 5) is 11.9. The molecule has 0 amide bonds. The molecule has 1 fully saturated rings. The molecular formula is C12H22O4S. The smallest absolute Gasteiger partial charge is 0.321 e. The summed E-state index contributed by atoms with van der Waals surface area (Å²) in [7, 11) is -1.32. The van der Waals surface area contributed by atoms with Crippen molar-refractivity contribution in [1.29, 1.82) is 0 Å². The van der Waals surface area contributed by atoms with Gasteiger partial charge in [-0.2, -0.15) is 0 Å². The van der Waals surface area contributed by atoms with Gasteiger partial charge in [0.1, 0.15) is 11.4 Å². The Kier molecular flexibility index (Phi) is 6.73. The van der Waals surface area contributed by atoms with Crippen molar-refractivity contribution in [2.45, 2.75) is 56.8 Å². The lowest BCUT2D eigenvalue weighted by atomic mass is 9.98. The maximum absolute atomic E-state index is 11.9. The monoisotopic (exact) mass is 262 g/mol. The van der Waals surface area contributed by atoms with E-state index in [1.54, 1.807) is 0 Å². The highest BCUT2D eigenvalue weighted by atomic mass is 32.2. The summed E-state index contributed by atoms with van der Waals surface area (Å²) in [6.07, 6.45) is 5.78. The zero-order chi connectivity index (χ0) is 12.7. The summed E-state index contributed by atoms with van der Waals surface area (Å²) in [6, 6.07) is 0. The van der Waals surface area contributed by atoms with Crippen molar-refractivity contribution in [3.63, 3.8) is 0 Å². The summed E-state index contributed by atoms with van der Waals surface area (Å²) >= 11 is 0. The summed E-state index contributed by atoms with van der Waals surface area (Å²) in [5.41, 5.74) is 0. The highest BCUT2D eigenvalue weighted by molar-refractivity contribution is 7.86. The van der Waals surface area contributed by atoms with E-state index >= 15 is 0 Å². The molecule has 0 bridgehead atoms. The summed E-state index contributed by atoms with van der Waals surface area (Å²) in [6.45, 7) is 1.67. The number of carbonyl (C=O) groups is 1. The summed E-state index contributed by atoms with van der Waals surface area (Å²) in [5, 5.41) is 8.16. The van der Waals surface area contributed by atoms with Crippen molar-refractivity contribution < 1.29 is 18.8 Å². The normalized spacial score (nSPS) is 20.8. The molecule has 100 valence electrons. The maximum Gasteiger partial charge on any atom is 0.321 e. The Bertz CT molecular complexity index is 261. The van der Waals surface area contributed by atoms with E-state index in [1.165, 1.54) is 6.42 Å². The Hall–Kier alpha value is -0.420. The van der Waals surface area contributed by atoms with Gasteiger partial charge in [-0.25, -0.2) is 0 Å². The van der Waals surface area contributed by atoms with Gasteiger partial charge in [0.2, 0.25) is 0 Å². The minimum atomic E-state index is -1.32. The molecule has 0 saturated heterocycles. The number of rotatable bonds is 6. The van der Waals surface area contributed by atoms with Gasteiger partial charge >= 0.3 is 5.97 Å². The fraction of sp³-hybridized carbons (Fsp3) is 0.917. The second-order valence-corrected chi connectivity index (χ2v) is 6.14. The first-order valence-electron chi connectivity index (χ1n) is 6.37. The SMILES string of the molecule is CCC(C(=O)OC1CCCCC1)S(=O)CCO. The molecule has 1 aliphatic rings. The van der Waals surface area contributed by atoms with Crippen molar-refractivity contribution in [3.05, 3.63) is 0 Å². The van der Waals surface area contributed by atoms with Crippen LogP contribution in [0, 0.1) is 0 Å². The van der Waals surface area contributed by atoms with Gasteiger partial charge < -0.3 is 9.84 Å². The molecular weight excluding hydrogens is 240 g/mol. The van der Waals surface area contributed by atoms with E-state index in [9.17, 15) is 9.00 Å². The zero-order valence-electron chi connectivity index (χ0n) is 10.4. The van der Waals surface area contributed by atoms with Gasteiger partial charge in [-0.15, -0.1) is 0 Å². The molecule has 0 aromatic heterocycles. The van der Waals surface area contributed by atoms with Gasteiger partial charge in [0.05, 0.1) is 6.61 Å². The lowest BCUT2D eigenvalue weighted by molar-refractivity contribution is -0.149. The quantitative estimate of drug-likeness (QED) is 0.735. The second kappa shape index (κ2) is 7.82. The molecule has 0 aromatic rings. The van der Waals surface area contributed by atoms with Crippen molar-refractivity contribution in [2.24, 2.45) is 0 Å². The Morgan fingerprint density at radius 1 is 1.41 bits per heavy atom. The van der Waals surface area contributed by atoms with Crippen LogP contribution in [0.15, 0.2) is 0 Å². The number of esters is 1. The molecule has 2 atom stereocenters. The third-order valence-corrected chi connectivity index (χ3v) is 4.82. The van der Waals surface area contributed by atoms with Crippen LogP contribution in [0.5, 0.6) is 0 Å². The van der Waals surface area contributed by atoms with Crippen LogP contribution in [0.1, 0.15) is 45.4 Å². The summed E-state index contributed by atoms with van der Waals surface area (Å²) in [5.74, 6) is -0.204. The fourth-order valence-corrected chi connectivity index (χ4v) is 3.22. The van der Waals surface area contributed by atoms with Crippen molar-refractivity contribution in [3.8, 4) is 0 Å². The largest absolute Gasteiger partial charge is 0.461 e. The van der Waals surface area contributed by atoms with E-state index in [0.29, 0.717) is 6.42 Å². The Labute approximate surface area is 105 Å². The first-order valence-corrected chi connectivity index (χ1v) is 7.75. The molecule has 4 nitrogen and oxygen atoms in total. The molecule has 17 heavy (non-hydrogen) atoms. The van der Waals surface area contributed by atoms with Crippen LogP contribution in [0.2, 0.25) is 0 Å². The molecule has 5 heteroatoms. The van der Waals surface area contributed by atoms with Crippen molar-refractivity contribution in [2.75, 3.05) is 12.4 Å². The van der Waals surface area contributed by atoms with E-state index in [0.717, 1.165) is 25.7 Å². The van der Waals surface area contributed by atoms with Crippen molar-refractivity contribution in [1.82, 2.24) is 0 Å². The minimum absolute atomic E-state index is 0.0106. The topological polar surface area (TPSA) is 63.6 Å². The first kappa shape index (κ1) is 14.6. The Balaban J connectivity index is 2.44. The van der Waals surface area contributed by atoms with Crippen LogP contribution in [0.4, 0.5) is 0 Å². The highest BCUT2D eigenvalue weighted by Gasteiger charge is 2.27. The minimum Gasteiger partial charge on any atom is -0.461 e. The van der Waals surface area contributed by atoms with Gasteiger partial charge in [0.15, 0.2) is 0 Å². The average Bonchev–Trinajstić information content (AvgIpc) is 2.31. The Morgan fingerprint density at radius 3 is 2.59 bits per heavy atom. The molecule has 1 aliphatic carbocycles. The van der Waals surface area contributed by atoms with Gasteiger partial charge in [0, 0.05) is 16.6 Å². The standard InChI is InChI=1S/C12H22O4S/c1-2-11(17(15)9-8-13)12(14)16-10-6-4-3-5-7-10/h10-11,13H,2-9H2,1H3. The van der Waals surface area contributed by atoms with E-state index in [4.69, 9.17) is 9.84 Å². The lowest BCUT2D eigenvalue weighted by Gasteiger charge is -2.24. The predicted octanol–water partition coefficient (Wildman–Crippen LogP) is 1.38. The third kappa shape index (κ3) is 4.76. The van der Waals surface area contributed by atoms with Gasteiger partial charge in [0.25, 0.3) is 0 Å². The van der Waals surface area contributed by atoms with E-state index < -0.39 is 16.0 Å². The molecule has 1 rings (SSSR count). The number of ether oxygens (including phenoxy) is 1. The number of hydrogen-bond acceptors (Lipinski definition) is 4. The van der Waals surface area contributed by atoms with Crippen LogP contribution < -0.4 is 0 Å². The van der Waals surface area contributed by atoms with Crippen LogP contribution >= 0.6 is 0 Å². The lowest BCUT2D eigenvalue weighted by Crippen LogP contribution is -2.33. The van der Waals surface area contributed by atoms with Crippen LogP contribution in [-0.2, 0) is 20.3 Å². The molecule has 0 aromatic carbocycles. The van der Waals surface area contributed by atoms with Crippen LogP contribution in [-0.4, -0.2) is 39.0 Å². The molecule has 1 N–H and O–H groups in total. The third-order valence-electron chi connectivity index (χ3n) is 3.08. The predicted molar refractivity (Wildman–Crippen MR) is 67.1 cm³/mol. The molecule has 0 radical (unpaired) electrons. The zero-order valence-corrected chi connectivity index (χ0v) is 11.2. The van der Waals surface area contributed by atoms with E-state index in [-0.39, 0.29) is 24.4 Å². The van der Waals surface area contributed by atoms with Gasteiger partial charge in [-0.05, 0) is 32.1 Å². The average molecular weight is 262 g/mol. The molecule has 2 unspecified atom stereocenters. The van der Waals surface area contributed by atoms with E-state index in [2.05, 4.69) is 0 Å². The second-order valence-electron chi connectivity index (χ2n) is 4.40. The Morgan fingerprint density at radius 2 is 2.06 bits per heavy atom. The van der Waals surface area contributed by atoms with Gasteiger partial charge in [-0.1, -0.05) is 13.3 Å².